The molecule has 1 amide bonds. The lowest BCUT2D eigenvalue weighted by atomic mass is 9.94. The highest BCUT2D eigenvalue weighted by Gasteiger charge is 2.25. The zero-order valence-electron chi connectivity index (χ0n) is 15.6. The fraction of sp³-hybridized carbons (Fsp3) is 0.474. The Hall–Kier alpha value is -2.90. The lowest BCUT2D eigenvalue weighted by Gasteiger charge is -2.31. The smallest absolute Gasteiger partial charge is 0.299 e. The minimum atomic E-state index is 0.0427. The van der Waals surface area contributed by atoms with Gasteiger partial charge in [0.2, 0.25) is 11.6 Å². The molecule has 1 fully saturated rings. The van der Waals surface area contributed by atoms with Crippen molar-refractivity contribution in [3.63, 3.8) is 0 Å². The molecule has 1 saturated heterocycles. The molecule has 142 valence electrons. The molecule has 0 aliphatic carbocycles. The Morgan fingerprint density at radius 3 is 3.07 bits per heavy atom. The van der Waals surface area contributed by atoms with E-state index in [1.807, 2.05) is 26.0 Å². The van der Waals surface area contributed by atoms with Crippen molar-refractivity contribution in [2.75, 3.05) is 18.0 Å². The van der Waals surface area contributed by atoms with Crippen LogP contribution in [0.2, 0.25) is 0 Å². The van der Waals surface area contributed by atoms with Crippen LogP contribution in [0.1, 0.15) is 36.3 Å². The molecule has 0 radical (unpaired) electrons. The number of pyridine rings is 1. The van der Waals surface area contributed by atoms with Crippen LogP contribution in [0, 0.1) is 19.8 Å². The molecular formula is C19H23N5O3. The second-order valence-corrected chi connectivity index (χ2v) is 7.06. The molecule has 0 saturated carbocycles. The Morgan fingerprint density at radius 1 is 1.41 bits per heavy atom. The number of rotatable bonds is 5. The molecular weight excluding hydrogens is 346 g/mol. The molecule has 1 N–H and O–H groups in total. The Kier molecular flexibility index (Phi) is 4.79. The van der Waals surface area contributed by atoms with Crippen LogP contribution in [-0.4, -0.2) is 34.1 Å². The molecule has 1 atom stereocenters. The summed E-state index contributed by atoms with van der Waals surface area (Å²) in [5.74, 6) is 1.06. The van der Waals surface area contributed by atoms with Gasteiger partial charge in [0.25, 0.3) is 6.01 Å². The van der Waals surface area contributed by atoms with Crippen LogP contribution >= 0.6 is 0 Å². The van der Waals surface area contributed by atoms with Crippen molar-refractivity contribution < 1.29 is 13.7 Å². The summed E-state index contributed by atoms with van der Waals surface area (Å²) in [6.45, 7) is 5.82. The highest BCUT2D eigenvalue weighted by molar-refractivity contribution is 5.76. The maximum absolute atomic E-state index is 12.4. The molecule has 1 aliphatic heterocycles. The van der Waals surface area contributed by atoms with Crippen molar-refractivity contribution in [1.82, 2.24) is 20.4 Å². The topological polar surface area (TPSA) is 97.3 Å². The Bertz CT molecular complexity index is 895. The first-order valence-corrected chi connectivity index (χ1v) is 9.25. The summed E-state index contributed by atoms with van der Waals surface area (Å²) in [4.78, 5) is 23.2. The van der Waals surface area contributed by atoms with E-state index in [2.05, 4.69) is 25.3 Å². The summed E-state index contributed by atoms with van der Waals surface area (Å²) in [5, 5.41) is 6.90. The minimum absolute atomic E-state index is 0.0427. The number of oxazole rings is 1. The standard InChI is InChI=1S/C19H23N5O3/c1-12-15(13(2)27-23-12)10-21-17(25)9-14-5-4-8-24(11-14)19-22-18-16(26-19)6-3-7-20-18/h3,6-7,14H,4-5,8-11H2,1-2H3,(H,21,25). The minimum Gasteiger partial charge on any atom is -0.422 e. The number of carbonyl (C=O) groups excluding carboxylic acids is 1. The van der Waals surface area contributed by atoms with Crippen LogP contribution in [0.25, 0.3) is 11.2 Å². The monoisotopic (exact) mass is 369 g/mol. The van der Waals surface area contributed by atoms with Gasteiger partial charge in [-0.2, -0.15) is 4.98 Å². The predicted molar refractivity (Wildman–Crippen MR) is 99.2 cm³/mol. The van der Waals surface area contributed by atoms with Gasteiger partial charge in [-0.15, -0.1) is 0 Å². The number of carbonyl (C=O) groups is 1. The molecule has 4 rings (SSSR count). The van der Waals surface area contributed by atoms with Gasteiger partial charge in [-0.1, -0.05) is 5.16 Å². The number of nitrogens with one attached hydrogen (secondary N) is 1. The Morgan fingerprint density at radius 2 is 2.30 bits per heavy atom. The number of piperidine rings is 1. The van der Waals surface area contributed by atoms with Crippen LogP contribution in [0.4, 0.5) is 6.01 Å². The second-order valence-electron chi connectivity index (χ2n) is 7.06. The first kappa shape index (κ1) is 17.5. The zero-order chi connectivity index (χ0) is 18.8. The maximum Gasteiger partial charge on any atom is 0.299 e. The van der Waals surface area contributed by atoms with E-state index in [0.29, 0.717) is 30.2 Å². The Labute approximate surface area is 156 Å². The van der Waals surface area contributed by atoms with E-state index in [0.717, 1.165) is 42.9 Å². The predicted octanol–water partition coefficient (Wildman–Crippen LogP) is 2.75. The summed E-state index contributed by atoms with van der Waals surface area (Å²) < 4.78 is 11.0. The third-order valence-corrected chi connectivity index (χ3v) is 5.06. The number of aryl methyl sites for hydroxylation is 2. The quantitative estimate of drug-likeness (QED) is 0.738. The van der Waals surface area contributed by atoms with Crippen molar-refractivity contribution in [3.05, 3.63) is 35.3 Å². The van der Waals surface area contributed by atoms with Gasteiger partial charge in [-0.25, -0.2) is 4.98 Å². The van der Waals surface area contributed by atoms with Crippen molar-refractivity contribution in [2.24, 2.45) is 5.92 Å². The van der Waals surface area contributed by atoms with Gasteiger partial charge in [0.05, 0.1) is 5.69 Å². The Balaban J connectivity index is 1.34. The maximum atomic E-state index is 12.4. The molecule has 27 heavy (non-hydrogen) atoms. The summed E-state index contributed by atoms with van der Waals surface area (Å²) >= 11 is 0. The lowest BCUT2D eigenvalue weighted by Crippen LogP contribution is -2.38. The highest BCUT2D eigenvalue weighted by atomic mass is 16.5. The van der Waals surface area contributed by atoms with E-state index in [-0.39, 0.29) is 11.8 Å². The number of nitrogens with zero attached hydrogens (tertiary/aromatic N) is 4. The van der Waals surface area contributed by atoms with Gasteiger partial charge >= 0.3 is 0 Å². The molecule has 0 aromatic carbocycles. The van der Waals surface area contributed by atoms with E-state index in [9.17, 15) is 4.79 Å². The number of aromatic nitrogens is 3. The van der Waals surface area contributed by atoms with Crippen molar-refractivity contribution >= 4 is 23.2 Å². The molecule has 0 spiro atoms. The third-order valence-electron chi connectivity index (χ3n) is 5.06. The van der Waals surface area contributed by atoms with Crippen LogP contribution in [0.3, 0.4) is 0 Å². The molecule has 0 bridgehead atoms. The number of fused-ring (bicyclic) bond motifs is 1. The van der Waals surface area contributed by atoms with Crippen LogP contribution in [0.15, 0.2) is 27.3 Å². The summed E-state index contributed by atoms with van der Waals surface area (Å²) in [5.41, 5.74) is 3.08. The summed E-state index contributed by atoms with van der Waals surface area (Å²) in [7, 11) is 0. The molecule has 3 aromatic rings. The number of amides is 1. The number of anilines is 1. The summed E-state index contributed by atoms with van der Waals surface area (Å²) in [6.07, 6.45) is 4.22. The first-order chi connectivity index (χ1) is 13.1. The third kappa shape index (κ3) is 3.79. The SMILES string of the molecule is Cc1noc(C)c1CNC(=O)CC1CCCN(c2nc3ncccc3o2)C1. The van der Waals surface area contributed by atoms with Crippen molar-refractivity contribution in [1.29, 1.82) is 0 Å². The van der Waals surface area contributed by atoms with E-state index >= 15 is 0 Å². The lowest BCUT2D eigenvalue weighted by molar-refractivity contribution is -0.122. The fourth-order valence-electron chi connectivity index (χ4n) is 3.57. The van der Waals surface area contributed by atoms with Gasteiger partial charge in [0.1, 0.15) is 5.76 Å². The number of hydrogen-bond donors (Lipinski definition) is 1. The van der Waals surface area contributed by atoms with Crippen molar-refractivity contribution in [3.8, 4) is 0 Å². The molecule has 3 aromatic heterocycles. The highest BCUT2D eigenvalue weighted by Crippen LogP contribution is 2.26. The number of hydrogen-bond acceptors (Lipinski definition) is 7. The van der Waals surface area contributed by atoms with E-state index < -0.39 is 0 Å². The summed E-state index contributed by atoms with van der Waals surface area (Å²) in [6, 6.07) is 4.28. The molecule has 8 heteroatoms. The first-order valence-electron chi connectivity index (χ1n) is 9.25. The molecule has 1 aliphatic rings. The van der Waals surface area contributed by atoms with Gasteiger partial charge < -0.3 is 19.2 Å². The van der Waals surface area contributed by atoms with Gasteiger partial charge in [-0.05, 0) is 44.7 Å². The molecule has 1 unspecified atom stereocenters. The van der Waals surface area contributed by atoms with Gasteiger partial charge in [0.15, 0.2) is 5.58 Å². The van der Waals surface area contributed by atoms with Gasteiger partial charge in [-0.3, -0.25) is 4.79 Å². The average molecular weight is 369 g/mol. The average Bonchev–Trinajstić information content (AvgIpc) is 3.24. The normalized spacial score (nSPS) is 17.4. The zero-order valence-corrected chi connectivity index (χ0v) is 15.6. The second kappa shape index (κ2) is 7.38. The fourth-order valence-corrected chi connectivity index (χ4v) is 3.57. The molecule has 8 nitrogen and oxygen atoms in total. The van der Waals surface area contributed by atoms with E-state index in [1.165, 1.54) is 0 Å². The largest absolute Gasteiger partial charge is 0.422 e. The van der Waals surface area contributed by atoms with Crippen LogP contribution in [0.5, 0.6) is 0 Å². The van der Waals surface area contributed by atoms with E-state index in [1.54, 1.807) is 6.20 Å². The van der Waals surface area contributed by atoms with Crippen LogP contribution < -0.4 is 10.2 Å². The van der Waals surface area contributed by atoms with Crippen LogP contribution in [-0.2, 0) is 11.3 Å². The molecule has 4 heterocycles. The van der Waals surface area contributed by atoms with E-state index in [4.69, 9.17) is 8.94 Å². The van der Waals surface area contributed by atoms with Gasteiger partial charge in [0, 0.05) is 37.8 Å². The van der Waals surface area contributed by atoms with Crippen molar-refractivity contribution in [2.45, 2.75) is 39.7 Å².